The molecule has 2 aromatic heterocycles. The van der Waals surface area contributed by atoms with Crippen LogP contribution in [-0.2, 0) is 12.8 Å². The zero-order valence-electron chi connectivity index (χ0n) is 13.2. The number of hydrogen-bond donors (Lipinski definition) is 1. The smallest absolute Gasteiger partial charge is 0.274 e. The van der Waals surface area contributed by atoms with E-state index >= 15 is 0 Å². The van der Waals surface area contributed by atoms with Crippen LogP contribution < -0.4 is 5.32 Å². The molecule has 0 aliphatic carbocycles. The molecule has 1 aliphatic rings. The molecule has 122 valence electrons. The summed E-state index contributed by atoms with van der Waals surface area (Å²) in [6.07, 6.45) is 6.58. The fourth-order valence-corrected chi connectivity index (χ4v) is 2.47. The van der Waals surface area contributed by atoms with Crippen molar-refractivity contribution in [1.29, 1.82) is 0 Å². The highest BCUT2D eigenvalue weighted by molar-refractivity contribution is 5.92. The third-order valence-electron chi connectivity index (χ3n) is 3.72. The van der Waals surface area contributed by atoms with Crippen molar-refractivity contribution < 1.29 is 9.32 Å². The molecule has 3 rings (SSSR count). The molecule has 1 aliphatic heterocycles. The number of carbonyl (C=O) groups excluding carboxylic acids is 1. The fraction of sp³-hybridized carbons (Fsp3) is 0.533. The minimum absolute atomic E-state index is 0.0526. The maximum atomic E-state index is 12.3. The Bertz CT molecular complexity index is 665. The van der Waals surface area contributed by atoms with Crippen LogP contribution in [0, 0.1) is 0 Å². The minimum atomic E-state index is -0.0526. The van der Waals surface area contributed by atoms with Crippen LogP contribution in [0.15, 0.2) is 16.9 Å². The van der Waals surface area contributed by atoms with Crippen molar-refractivity contribution in [3.05, 3.63) is 29.8 Å². The molecule has 1 saturated heterocycles. The molecule has 3 heterocycles. The van der Waals surface area contributed by atoms with Gasteiger partial charge in [-0.05, 0) is 12.8 Å². The Morgan fingerprint density at radius 1 is 1.30 bits per heavy atom. The lowest BCUT2D eigenvalue weighted by molar-refractivity contribution is 0.0786. The van der Waals surface area contributed by atoms with Crippen molar-refractivity contribution in [2.75, 3.05) is 25.0 Å². The zero-order valence-corrected chi connectivity index (χ0v) is 13.2. The molecule has 0 unspecified atom stereocenters. The number of aryl methyl sites for hydroxylation is 1. The van der Waals surface area contributed by atoms with Gasteiger partial charge in [0.1, 0.15) is 11.5 Å². The van der Waals surface area contributed by atoms with Crippen LogP contribution in [0.4, 0.5) is 5.82 Å². The normalized spacial score (nSPS) is 14.2. The van der Waals surface area contributed by atoms with E-state index in [1.807, 2.05) is 11.8 Å². The van der Waals surface area contributed by atoms with Crippen molar-refractivity contribution in [1.82, 2.24) is 25.0 Å². The molecule has 0 saturated carbocycles. The third-order valence-corrected chi connectivity index (χ3v) is 3.72. The molecule has 8 nitrogen and oxygen atoms in total. The lowest BCUT2D eigenvalue weighted by Crippen LogP contribution is -2.28. The summed E-state index contributed by atoms with van der Waals surface area (Å²) in [6.45, 7) is 4.16. The van der Waals surface area contributed by atoms with Crippen LogP contribution in [0.25, 0.3) is 0 Å². The van der Waals surface area contributed by atoms with E-state index in [9.17, 15) is 4.79 Å². The second-order valence-electron chi connectivity index (χ2n) is 5.42. The Hall–Kier alpha value is -2.51. The number of rotatable bonds is 6. The minimum Gasteiger partial charge on any atom is -0.368 e. The average molecular weight is 316 g/mol. The Morgan fingerprint density at radius 2 is 2.13 bits per heavy atom. The summed E-state index contributed by atoms with van der Waals surface area (Å²) in [5, 5.41) is 6.98. The number of anilines is 1. The number of hydrogen-bond acceptors (Lipinski definition) is 7. The maximum Gasteiger partial charge on any atom is 0.274 e. The van der Waals surface area contributed by atoms with Gasteiger partial charge < -0.3 is 14.7 Å². The van der Waals surface area contributed by atoms with E-state index in [0.717, 1.165) is 32.4 Å². The highest BCUT2D eigenvalue weighted by Gasteiger charge is 2.21. The first-order chi connectivity index (χ1) is 11.3. The van der Waals surface area contributed by atoms with E-state index < -0.39 is 0 Å². The van der Waals surface area contributed by atoms with Crippen LogP contribution in [0.3, 0.4) is 0 Å². The Balaban J connectivity index is 1.55. The number of aromatic nitrogens is 4. The Morgan fingerprint density at radius 3 is 2.87 bits per heavy atom. The quantitative estimate of drug-likeness (QED) is 0.858. The zero-order chi connectivity index (χ0) is 16.1. The van der Waals surface area contributed by atoms with E-state index in [1.165, 1.54) is 6.20 Å². The average Bonchev–Trinajstić information content (AvgIpc) is 3.26. The van der Waals surface area contributed by atoms with E-state index in [0.29, 0.717) is 36.2 Å². The molecule has 8 heteroatoms. The standard InChI is InChI=1S/C15H20N6O2/c1-2-12-19-14(23-20-12)5-6-17-13-10-16-9-11(18-13)15(22)21-7-3-4-8-21/h9-10H,2-8H2,1H3,(H,17,18). The first-order valence-corrected chi connectivity index (χ1v) is 7.93. The van der Waals surface area contributed by atoms with Gasteiger partial charge in [0.2, 0.25) is 5.89 Å². The third kappa shape index (κ3) is 3.82. The van der Waals surface area contributed by atoms with Gasteiger partial charge in [0.05, 0.1) is 12.4 Å². The summed E-state index contributed by atoms with van der Waals surface area (Å²) in [6, 6.07) is 0. The van der Waals surface area contributed by atoms with Crippen molar-refractivity contribution in [3.8, 4) is 0 Å². The molecule has 1 amide bonds. The van der Waals surface area contributed by atoms with Crippen LogP contribution in [-0.4, -0.2) is 50.5 Å². The van der Waals surface area contributed by atoms with Gasteiger partial charge in [-0.1, -0.05) is 12.1 Å². The summed E-state index contributed by atoms with van der Waals surface area (Å²) in [7, 11) is 0. The molecule has 0 bridgehead atoms. The van der Waals surface area contributed by atoms with E-state index in [2.05, 4.69) is 25.4 Å². The van der Waals surface area contributed by atoms with Crippen molar-refractivity contribution >= 4 is 11.7 Å². The SMILES string of the molecule is CCc1noc(CCNc2cncc(C(=O)N3CCCC3)n2)n1. The number of nitrogens with zero attached hydrogens (tertiary/aromatic N) is 5. The van der Waals surface area contributed by atoms with Gasteiger partial charge in [-0.25, -0.2) is 4.98 Å². The molecule has 1 N–H and O–H groups in total. The largest absolute Gasteiger partial charge is 0.368 e. The van der Waals surface area contributed by atoms with E-state index in [1.54, 1.807) is 6.20 Å². The van der Waals surface area contributed by atoms with Crippen LogP contribution in [0.2, 0.25) is 0 Å². The molecule has 0 radical (unpaired) electrons. The lowest BCUT2D eigenvalue weighted by Gasteiger charge is -2.14. The van der Waals surface area contributed by atoms with E-state index in [4.69, 9.17) is 4.52 Å². The molecular formula is C15H20N6O2. The van der Waals surface area contributed by atoms with Crippen LogP contribution in [0.5, 0.6) is 0 Å². The van der Waals surface area contributed by atoms with E-state index in [-0.39, 0.29) is 5.91 Å². The lowest BCUT2D eigenvalue weighted by atomic mass is 10.3. The molecule has 1 fully saturated rings. The second kappa shape index (κ2) is 7.17. The number of amides is 1. The maximum absolute atomic E-state index is 12.3. The van der Waals surface area contributed by atoms with Gasteiger partial charge >= 0.3 is 0 Å². The molecular weight excluding hydrogens is 296 g/mol. The molecule has 0 spiro atoms. The summed E-state index contributed by atoms with van der Waals surface area (Å²) in [5.41, 5.74) is 0.378. The van der Waals surface area contributed by atoms with Gasteiger partial charge in [-0.15, -0.1) is 0 Å². The predicted molar refractivity (Wildman–Crippen MR) is 83.0 cm³/mol. The summed E-state index contributed by atoms with van der Waals surface area (Å²) in [4.78, 5) is 26.8. The molecule has 0 aromatic carbocycles. The van der Waals surface area contributed by atoms with Crippen molar-refractivity contribution in [2.45, 2.75) is 32.6 Å². The Kier molecular flexibility index (Phi) is 4.80. The van der Waals surface area contributed by atoms with Gasteiger partial charge in [-0.2, -0.15) is 4.98 Å². The van der Waals surface area contributed by atoms with Gasteiger partial charge in [0, 0.05) is 32.5 Å². The summed E-state index contributed by atoms with van der Waals surface area (Å²) in [5.74, 6) is 1.82. The summed E-state index contributed by atoms with van der Waals surface area (Å²) < 4.78 is 5.13. The van der Waals surface area contributed by atoms with Gasteiger partial charge in [0.25, 0.3) is 5.91 Å². The number of nitrogens with one attached hydrogen (secondary N) is 1. The first kappa shape index (κ1) is 15.4. The molecule has 23 heavy (non-hydrogen) atoms. The van der Waals surface area contributed by atoms with Gasteiger partial charge in [-0.3, -0.25) is 9.78 Å². The topological polar surface area (TPSA) is 97.0 Å². The second-order valence-corrected chi connectivity index (χ2v) is 5.42. The Labute approximate surface area is 134 Å². The van der Waals surface area contributed by atoms with Crippen LogP contribution >= 0.6 is 0 Å². The van der Waals surface area contributed by atoms with Crippen LogP contribution in [0.1, 0.15) is 42.0 Å². The number of likely N-dealkylation sites (tertiary alicyclic amines) is 1. The predicted octanol–water partition coefficient (Wildman–Crippen LogP) is 1.31. The highest BCUT2D eigenvalue weighted by atomic mass is 16.5. The molecule has 0 atom stereocenters. The van der Waals surface area contributed by atoms with Crippen molar-refractivity contribution in [3.63, 3.8) is 0 Å². The first-order valence-electron chi connectivity index (χ1n) is 7.93. The number of carbonyl (C=O) groups is 1. The summed E-state index contributed by atoms with van der Waals surface area (Å²) >= 11 is 0. The van der Waals surface area contributed by atoms with Crippen molar-refractivity contribution in [2.24, 2.45) is 0 Å². The fourth-order valence-electron chi connectivity index (χ4n) is 2.47. The monoisotopic (exact) mass is 316 g/mol. The highest BCUT2D eigenvalue weighted by Crippen LogP contribution is 2.12. The van der Waals surface area contributed by atoms with Gasteiger partial charge in [0.15, 0.2) is 5.82 Å². The molecule has 2 aromatic rings.